The number of rotatable bonds is 2. The van der Waals surface area contributed by atoms with Crippen LogP contribution in [0, 0.1) is 16.7 Å². The Bertz CT molecular complexity index is 552. The standard InChI is InChI=1S/C16H21BrN2O/c1-15(2)11-4-6-16(3,9-11)14(15)19-13(20)10-5-7-18-12(17)8-10/h5,7-8,11,14H,4,6,9H2,1-3H3,(H,19,20). The van der Waals surface area contributed by atoms with E-state index < -0.39 is 0 Å². The first-order valence-corrected chi connectivity index (χ1v) is 8.05. The van der Waals surface area contributed by atoms with E-state index in [0.29, 0.717) is 10.2 Å². The van der Waals surface area contributed by atoms with Gasteiger partial charge < -0.3 is 5.32 Å². The Morgan fingerprint density at radius 1 is 1.45 bits per heavy atom. The molecule has 0 aliphatic heterocycles. The summed E-state index contributed by atoms with van der Waals surface area (Å²) in [5.74, 6) is 0.752. The molecular formula is C16H21BrN2O. The topological polar surface area (TPSA) is 42.0 Å². The third-order valence-electron chi connectivity index (χ3n) is 5.53. The predicted molar refractivity (Wildman–Crippen MR) is 82.4 cm³/mol. The van der Waals surface area contributed by atoms with Crippen molar-refractivity contribution in [3.63, 3.8) is 0 Å². The second-order valence-electron chi connectivity index (χ2n) is 7.19. The van der Waals surface area contributed by atoms with E-state index in [9.17, 15) is 4.79 Å². The molecule has 2 bridgehead atoms. The molecule has 2 fully saturated rings. The number of fused-ring (bicyclic) bond motifs is 2. The zero-order chi connectivity index (χ0) is 14.5. The lowest BCUT2D eigenvalue weighted by molar-refractivity contribution is 0.0737. The first-order valence-electron chi connectivity index (χ1n) is 7.25. The largest absolute Gasteiger partial charge is 0.348 e. The summed E-state index contributed by atoms with van der Waals surface area (Å²) in [5, 5.41) is 3.30. The van der Waals surface area contributed by atoms with Crippen molar-refractivity contribution in [2.75, 3.05) is 0 Å². The Labute approximate surface area is 128 Å². The average molecular weight is 337 g/mol. The molecule has 3 unspecified atom stereocenters. The Morgan fingerprint density at radius 2 is 2.20 bits per heavy atom. The van der Waals surface area contributed by atoms with Crippen molar-refractivity contribution in [1.82, 2.24) is 10.3 Å². The Morgan fingerprint density at radius 3 is 2.80 bits per heavy atom. The molecule has 3 atom stereocenters. The smallest absolute Gasteiger partial charge is 0.251 e. The molecule has 1 heterocycles. The van der Waals surface area contributed by atoms with Crippen LogP contribution in [0.2, 0.25) is 0 Å². The van der Waals surface area contributed by atoms with Crippen LogP contribution in [0.15, 0.2) is 22.9 Å². The molecule has 20 heavy (non-hydrogen) atoms. The maximum atomic E-state index is 12.5. The lowest BCUT2D eigenvalue weighted by atomic mass is 9.68. The zero-order valence-corrected chi connectivity index (χ0v) is 13.8. The Kier molecular flexibility index (Phi) is 3.20. The molecule has 0 radical (unpaired) electrons. The molecule has 2 saturated carbocycles. The van der Waals surface area contributed by atoms with Crippen molar-refractivity contribution in [1.29, 1.82) is 0 Å². The number of hydrogen-bond donors (Lipinski definition) is 1. The van der Waals surface area contributed by atoms with E-state index in [0.717, 1.165) is 5.92 Å². The van der Waals surface area contributed by atoms with Gasteiger partial charge in [-0.1, -0.05) is 20.8 Å². The van der Waals surface area contributed by atoms with Gasteiger partial charge in [0.2, 0.25) is 0 Å². The fourth-order valence-electron chi connectivity index (χ4n) is 4.42. The summed E-state index contributed by atoms with van der Waals surface area (Å²) >= 11 is 3.32. The van der Waals surface area contributed by atoms with Crippen LogP contribution in [0.3, 0.4) is 0 Å². The highest BCUT2D eigenvalue weighted by atomic mass is 79.9. The van der Waals surface area contributed by atoms with Gasteiger partial charge in [0, 0.05) is 17.8 Å². The molecule has 0 aromatic carbocycles. The van der Waals surface area contributed by atoms with Crippen molar-refractivity contribution in [2.45, 2.75) is 46.1 Å². The van der Waals surface area contributed by atoms with Crippen LogP contribution in [-0.2, 0) is 0 Å². The van der Waals surface area contributed by atoms with E-state index in [1.54, 1.807) is 18.3 Å². The molecule has 108 valence electrons. The van der Waals surface area contributed by atoms with E-state index in [-0.39, 0.29) is 22.8 Å². The number of carbonyl (C=O) groups is 1. The molecule has 1 aromatic heterocycles. The molecule has 3 nitrogen and oxygen atoms in total. The zero-order valence-electron chi connectivity index (χ0n) is 12.2. The second kappa shape index (κ2) is 4.55. The van der Waals surface area contributed by atoms with E-state index in [1.807, 2.05) is 0 Å². The molecule has 0 spiro atoms. The molecule has 0 saturated heterocycles. The lowest BCUT2D eigenvalue weighted by Crippen LogP contribution is -2.52. The molecule has 1 aromatic rings. The number of nitrogens with one attached hydrogen (secondary N) is 1. The van der Waals surface area contributed by atoms with Gasteiger partial charge in [0.05, 0.1) is 0 Å². The van der Waals surface area contributed by atoms with Crippen LogP contribution in [0.1, 0.15) is 50.4 Å². The molecule has 2 aliphatic carbocycles. The third-order valence-corrected chi connectivity index (χ3v) is 5.97. The first-order chi connectivity index (χ1) is 9.33. The summed E-state index contributed by atoms with van der Waals surface area (Å²) < 4.78 is 0.698. The molecular weight excluding hydrogens is 316 g/mol. The summed E-state index contributed by atoms with van der Waals surface area (Å²) in [6.07, 6.45) is 5.43. The van der Waals surface area contributed by atoms with Crippen LogP contribution >= 0.6 is 15.9 Å². The van der Waals surface area contributed by atoms with E-state index in [1.165, 1.54) is 19.3 Å². The average Bonchev–Trinajstić information content (AvgIpc) is 2.85. The molecule has 1 N–H and O–H groups in total. The number of pyridine rings is 1. The van der Waals surface area contributed by atoms with Crippen molar-refractivity contribution in [2.24, 2.45) is 16.7 Å². The summed E-state index contributed by atoms with van der Waals surface area (Å²) in [6, 6.07) is 3.80. The molecule has 2 aliphatic rings. The van der Waals surface area contributed by atoms with Gasteiger partial charge >= 0.3 is 0 Å². The van der Waals surface area contributed by atoms with Crippen molar-refractivity contribution < 1.29 is 4.79 Å². The van der Waals surface area contributed by atoms with Crippen molar-refractivity contribution in [3.05, 3.63) is 28.5 Å². The summed E-state index contributed by atoms with van der Waals surface area (Å²) in [5.41, 5.74) is 1.12. The molecule has 4 heteroatoms. The van der Waals surface area contributed by atoms with Crippen LogP contribution in [0.25, 0.3) is 0 Å². The first kappa shape index (κ1) is 14.1. The van der Waals surface area contributed by atoms with Gasteiger partial charge in [-0.05, 0) is 64.1 Å². The molecule has 1 amide bonds. The van der Waals surface area contributed by atoms with Gasteiger partial charge in [0.15, 0.2) is 0 Å². The van der Waals surface area contributed by atoms with Gasteiger partial charge in [-0.15, -0.1) is 0 Å². The van der Waals surface area contributed by atoms with Crippen molar-refractivity contribution >= 4 is 21.8 Å². The summed E-state index contributed by atoms with van der Waals surface area (Å²) in [6.45, 7) is 6.93. The normalized spacial score (nSPS) is 34.2. The van der Waals surface area contributed by atoms with Crippen LogP contribution in [0.4, 0.5) is 0 Å². The van der Waals surface area contributed by atoms with Gasteiger partial charge in [-0.25, -0.2) is 4.98 Å². The second-order valence-corrected chi connectivity index (χ2v) is 8.00. The van der Waals surface area contributed by atoms with E-state index in [4.69, 9.17) is 0 Å². The van der Waals surface area contributed by atoms with Crippen LogP contribution in [-0.4, -0.2) is 16.9 Å². The summed E-state index contributed by atoms with van der Waals surface area (Å²) in [4.78, 5) is 16.6. The fourth-order valence-corrected chi connectivity index (χ4v) is 4.79. The number of halogens is 1. The van der Waals surface area contributed by atoms with Gasteiger partial charge in [-0.2, -0.15) is 0 Å². The third kappa shape index (κ3) is 2.09. The maximum Gasteiger partial charge on any atom is 0.251 e. The Hall–Kier alpha value is -0.900. The highest BCUT2D eigenvalue weighted by molar-refractivity contribution is 9.10. The SMILES string of the molecule is CC12CCC(C1)C(C)(C)C2NC(=O)c1ccnc(Br)c1. The van der Waals surface area contributed by atoms with Crippen molar-refractivity contribution in [3.8, 4) is 0 Å². The fraction of sp³-hybridized carbons (Fsp3) is 0.625. The highest BCUT2D eigenvalue weighted by Crippen LogP contribution is 2.62. The number of nitrogens with zero attached hydrogens (tertiary/aromatic N) is 1. The lowest BCUT2D eigenvalue weighted by Gasteiger charge is -2.43. The van der Waals surface area contributed by atoms with Gasteiger partial charge in [0.1, 0.15) is 4.60 Å². The van der Waals surface area contributed by atoms with Gasteiger partial charge in [-0.3, -0.25) is 4.79 Å². The minimum atomic E-state index is 0.0138. The monoisotopic (exact) mass is 336 g/mol. The maximum absolute atomic E-state index is 12.5. The number of carbonyl (C=O) groups excluding carboxylic acids is 1. The minimum Gasteiger partial charge on any atom is -0.348 e. The quantitative estimate of drug-likeness (QED) is 0.835. The van der Waals surface area contributed by atoms with Crippen LogP contribution in [0.5, 0.6) is 0 Å². The van der Waals surface area contributed by atoms with Gasteiger partial charge in [0.25, 0.3) is 5.91 Å². The number of aromatic nitrogens is 1. The van der Waals surface area contributed by atoms with E-state index in [2.05, 4.69) is 47.0 Å². The minimum absolute atomic E-state index is 0.0138. The highest BCUT2D eigenvalue weighted by Gasteiger charge is 2.59. The molecule has 3 rings (SSSR count). The summed E-state index contributed by atoms with van der Waals surface area (Å²) in [7, 11) is 0. The Balaban J connectivity index is 1.82. The number of hydrogen-bond acceptors (Lipinski definition) is 2. The van der Waals surface area contributed by atoms with E-state index >= 15 is 0 Å². The number of amides is 1. The predicted octanol–water partition coefficient (Wildman–Crippen LogP) is 3.79. The van der Waals surface area contributed by atoms with Crippen LogP contribution < -0.4 is 5.32 Å².